The van der Waals surface area contributed by atoms with E-state index in [9.17, 15) is 4.79 Å². The van der Waals surface area contributed by atoms with Gasteiger partial charge in [0.15, 0.2) is 0 Å². The highest BCUT2D eigenvalue weighted by atomic mass is 16.1. The van der Waals surface area contributed by atoms with Gasteiger partial charge in [-0.1, -0.05) is 6.58 Å². The minimum absolute atomic E-state index is 0.121. The molecule has 1 rings (SSSR count). The van der Waals surface area contributed by atoms with Crippen LogP contribution in [0.15, 0.2) is 30.4 Å². The molecule has 0 saturated carbocycles. The fourth-order valence-corrected chi connectivity index (χ4v) is 1.68. The molecule has 1 amide bonds. The number of rotatable bonds is 6. The lowest BCUT2D eigenvalue weighted by Crippen LogP contribution is -2.76. The SMILES string of the molecule is C=C(C)C(=O)Nc1cc(C[NH+]=C(N)N)cc(C[NH+]=C(N)N)c1. The Morgan fingerprint density at radius 1 is 1.05 bits per heavy atom. The van der Waals surface area contributed by atoms with Gasteiger partial charge in [0.25, 0.3) is 5.91 Å². The Balaban J connectivity index is 3.08. The van der Waals surface area contributed by atoms with E-state index in [0.717, 1.165) is 11.1 Å². The van der Waals surface area contributed by atoms with Crippen LogP contribution in [0, 0.1) is 0 Å². The molecule has 0 atom stereocenters. The van der Waals surface area contributed by atoms with E-state index in [4.69, 9.17) is 22.9 Å². The average Bonchev–Trinajstić information content (AvgIpc) is 2.42. The van der Waals surface area contributed by atoms with Gasteiger partial charge >= 0.3 is 11.9 Å². The van der Waals surface area contributed by atoms with Crippen molar-refractivity contribution in [2.24, 2.45) is 22.9 Å². The number of nitrogens with one attached hydrogen (secondary N) is 3. The van der Waals surface area contributed by atoms with Crippen molar-refractivity contribution >= 4 is 23.5 Å². The Labute approximate surface area is 129 Å². The number of hydrogen-bond donors (Lipinski definition) is 7. The van der Waals surface area contributed by atoms with E-state index in [1.54, 1.807) is 6.92 Å². The molecule has 0 heterocycles. The third-order valence-electron chi connectivity index (χ3n) is 2.69. The molecule has 0 aliphatic heterocycles. The van der Waals surface area contributed by atoms with Crippen LogP contribution in [0.3, 0.4) is 0 Å². The minimum Gasteiger partial charge on any atom is -0.322 e. The molecule has 0 bridgehead atoms. The molecular weight excluding hydrogens is 282 g/mol. The van der Waals surface area contributed by atoms with Gasteiger partial charge in [0.1, 0.15) is 0 Å². The first-order valence-corrected chi connectivity index (χ1v) is 6.61. The molecule has 0 unspecified atom stereocenters. The molecule has 11 N–H and O–H groups in total. The van der Waals surface area contributed by atoms with Gasteiger partial charge < -0.3 is 5.32 Å². The molecule has 0 radical (unpaired) electrons. The van der Waals surface area contributed by atoms with Gasteiger partial charge in [0, 0.05) is 11.3 Å². The van der Waals surface area contributed by atoms with E-state index in [-0.39, 0.29) is 17.8 Å². The van der Waals surface area contributed by atoms with Crippen LogP contribution in [0.4, 0.5) is 5.69 Å². The van der Waals surface area contributed by atoms with Crippen LogP contribution in [0.2, 0.25) is 0 Å². The summed E-state index contributed by atoms with van der Waals surface area (Å²) in [5.41, 5.74) is 24.4. The highest BCUT2D eigenvalue weighted by Crippen LogP contribution is 2.15. The minimum atomic E-state index is -0.251. The fraction of sp³-hybridized carbons (Fsp3) is 0.214. The third-order valence-corrected chi connectivity index (χ3v) is 2.69. The van der Waals surface area contributed by atoms with Crippen molar-refractivity contribution in [1.29, 1.82) is 0 Å². The quantitative estimate of drug-likeness (QED) is 0.161. The number of guanidine groups is 2. The van der Waals surface area contributed by atoms with Crippen LogP contribution in [-0.2, 0) is 17.9 Å². The molecule has 1 aromatic carbocycles. The van der Waals surface area contributed by atoms with Crippen LogP contribution in [0.1, 0.15) is 18.1 Å². The largest absolute Gasteiger partial charge is 0.339 e. The molecule has 8 heteroatoms. The molecule has 1 aromatic rings. The van der Waals surface area contributed by atoms with Gasteiger partial charge in [-0.2, -0.15) is 0 Å². The van der Waals surface area contributed by atoms with E-state index < -0.39 is 0 Å². The number of amides is 1. The Morgan fingerprint density at radius 3 is 1.86 bits per heavy atom. The zero-order chi connectivity index (χ0) is 16.7. The number of carbonyl (C=O) groups is 1. The first kappa shape index (κ1) is 17.0. The van der Waals surface area contributed by atoms with Gasteiger partial charge in [-0.05, 0) is 36.2 Å². The lowest BCUT2D eigenvalue weighted by molar-refractivity contribution is -0.478. The number of hydrogen-bond acceptors (Lipinski definition) is 1. The molecule has 22 heavy (non-hydrogen) atoms. The van der Waals surface area contributed by atoms with Crippen molar-refractivity contribution in [3.05, 3.63) is 41.5 Å². The Hall–Kier alpha value is -3.03. The van der Waals surface area contributed by atoms with Crippen molar-refractivity contribution in [3.8, 4) is 0 Å². The zero-order valence-electron chi connectivity index (χ0n) is 12.6. The summed E-state index contributed by atoms with van der Waals surface area (Å²) < 4.78 is 0. The van der Waals surface area contributed by atoms with Gasteiger partial charge in [-0.25, -0.2) is 0 Å². The van der Waals surface area contributed by atoms with Crippen molar-refractivity contribution in [1.82, 2.24) is 0 Å². The lowest BCUT2D eigenvalue weighted by atomic mass is 10.1. The summed E-state index contributed by atoms with van der Waals surface area (Å²) >= 11 is 0. The Morgan fingerprint density at radius 2 is 1.50 bits per heavy atom. The molecule has 118 valence electrons. The van der Waals surface area contributed by atoms with E-state index in [2.05, 4.69) is 21.9 Å². The lowest BCUT2D eigenvalue weighted by Gasteiger charge is -2.09. The highest BCUT2D eigenvalue weighted by Gasteiger charge is 2.07. The predicted molar refractivity (Wildman–Crippen MR) is 86.0 cm³/mol. The maximum atomic E-state index is 11.7. The summed E-state index contributed by atoms with van der Waals surface area (Å²) in [6.07, 6.45) is 0. The Kier molecular flexibility index (Phi) is 5.94. The smallest absolute Gasteiger partial charge is 0.322 e. The van der Waals surface area contributed by atoms with Crippen LogP contribution < -0.4 is 38.2 Å². The molecule has 0 fully saturated rings. The monoisotopic (exact) mass is 305 g/mol. The summed E-state index contributed by atoms with van der Waals surface area (Å²) in [4.78, 5) is 17.4. The predicted octanol–water partition coefficient (Wildman–Crippen LogP) is -4.09. The van der Waals surface area contributed by atoms with E-state index in [1.807, 2.05) is 18.2 Å². The Bertz CT molecular complexity index is 588. The molecule has 0 aromatic heterocycles. The molecular formula is C14H23N7O+2. The zero-order valence-corrected chi connectivity index (χ0v) is 12.6. The second kappa shape index (κ2) is 7.67. The van der Waals surface area contributed by atoms with Gasteiger partial charge in [-0.15, -0.1) is 0 Å². The summed E-state index contributed by atoms with van der Waals surface area (Å²) in [6.45, 7) is 6.09. The molecule has 0 spiro atoms. The van der Waals surface area contributed by atoms with Gasteiger partial charge in [0.05, 0.1) is 13.1 Å². The standard InChI is InChI=1S/C14H21N7O/c1-8(2)12(22)21-11-4-9(6-19-13(15)16)3-10(5-11)7-20-14(17)18/h3-5H,1,6-7H2,2H3,(H,21,22)(H4,15,16,19)(H4,17,18,20)/p+2. The molecule has 0 aliphatic carbocycles. The fourth-order valence-electron chi connectivity index (χ4n) is 1.68. The molecule has 0 saturated heterocycles. The van der Waals surface area contributed by atoms with Crippen LogP contribution in [0.25, 0.3) is 0 Å². The van der Waals surface area contributed by atoms with Crippen LogP contribution in [-0.4, -0.2) is 17.8 Å². The summed E-state index contributed by atoms with van der Waals surface area (Å²) in [5, 5.41) is 2.76. The van der Waals surface area contributed by atoms with E-state index in [0.29, 0.717) is 24.4 Å². The van der Waals surface area contributed by atoms with Crippen molar-refractivity contribution in [2.45, 2.75) is 20.0 Å². The van der Waals surface area contributed by atoms with Crippen LogP contribution >= 0.6 is 0 Å². The van der Waals surface area contributed by atoms with E-state index >= 15 is 0 Å². The summed E-state index contributed by atoms with van der Waals surface area (Å²) in [5.74, 6) is -0.00927. The average molecular weight is 305 g/mol. The van der Waals surface area contributed by atoms with Crippen molar-refractivity contribution in [3.63, 3.8) is 0 Å². The molecule has 8 nitrogen and oxygen atoms in total. The number of nitrogens with two attached hydrogens (primary N) is 4. The van der Waals surface area contributed by atoms with Gasteiger partial charge in [-0.3, -0.25) is 37.7 Å². The first-order chi connectivity index (χ1) is 10.3. The highest BCUT2D eigenvalue weighted by molar-refractivity contribution is 6.02. The van der Waals surface area contributed by atoms with Crippen molar-refractivity contribution < 1.29 is 14.8 Å². The summed E-state index contributed by atoms with van der Waals surface area (Å²) in [6, 6.07) is 5.55. The maximum Gasteiger partial charge on any atom is 0.339 e. The van der Waals surface area contributed by atoms with Crippen LogP contribution in [0.5, 0.6) is 0 Å². The summed E-state index contributed by atoms with van der Waals surface area (Å²) in [7, 11) is 0. The number of benzene rings is 1. The first-order valence-electron chi connectivity index (χ1n) is 6.61. The van der Waals surface area contributed by atoms with Crippen molar-refractivity contribution in [2.75, 3.05) is 5.32 Å². The topological polar surface area (TPSA) is 161 Å². The second-order valence-corrected chi connectivity index (χ2v) is 4.89. The maximum absolute atomic E-state index is 11.7. The third kappa shape index (κ3) is 5.95. The van der Waals surface area contributed by atoms with Gasteiger partial charge in [0.2, 0.25) is 0 Å². The second-order valence-electron chi connectivity index (χ2n) is 4.89. The number of carbonyl (C=O) groups excluding carboxylic acids is 1. The molecule has 0 aliphatic rings. The number of anilines is 1. The van der Waals surface area contributed by atoms with E-state index in [1.165, 1.54) is 0 Å². The normalized spacial score (nSPS) is 9.68.